The lowest BCUT2D eigenvalue weighted by molar-refractivity contribution is -0.119. The van der Waals surface area contributed by atoms with Crippen molar-refractivity contribution in [2.45, 2.75) is 25.4 Å². The van der Waals surface area contributed by atoms with E-state index in [1.54, 1.807) is 18.1 Å². The molecule has 214 valence electrons. The number of amides is 1. The summed E-state index contributed by atoms with van der Waals surface area (Å²) in [6.45, 7) is 2.54. The molecule has 3 aromatic carbocycles. The molecule has 5 aromatic rings. The number of ether oxygens (including phenoxy) is 2. The normalized spacial score (nSPS) is 16.2. The summed E-state index contributed by atoms with van der Waals surface area (Å²) in [5.74, 6) is 1.84. The maximum absolute atomic E-state index is 12.1. The Morgan fingerprint density at radius 3 is 2.83 bits per heavy atom. The van der Waals surface area contributed by atoms with Gasteiger partial charge >= 0.3 is 0 Å². The molecule has 0 bridgehead atoms. The maximum atomic E-state index is 12.1. The van der Waals surface area contributed by atoms with Crippen molar-refractivity contribution < 1.29 is 14.3 Å². The maximum Gasteiger partial charge on any atom is 0.240 e. The number of aromatic nitrogens is 4. The van der Waals surface area contributed by atoms with Gasteiger partial charge in [0.1, 0.15) is 30.5 Å². The highest BCUT2D eigenvalue weighted by Gasteiger charge is 2.31. The average Bonchev–Trinajstić information content (AvgIpc) is 3.71. The number of benzene rings is 3. The molecule has 2 aliphatic rings. The molecule has 1 atom stereocenters. The van der Waals surface area contributed by atoms with Gasteiger partial charge in [0.2, 0.25) is 5.91 Å². The Bertz CT molecular complexity index is 1800. The molecular weight excluding hydrogens is 554 g/mol. The van der Waals surface area contributed by atoms with E-state index < -0.39 is 0 Å². The molecule has 10 nitrogen and oxygen atoms in total. The topological polar surface area (TPSA) is 123 Å². The van der Waals surface area contributed by atoms with Crippen LogP contribution in [0.4, 0.5) is 11.4 Å². The zero-order valence-electron chi connectivity index (χ0n) is 23.1. The highest BCUT2D eigenvalue weighted by Crippen LogP contribution is 2.45. The molecule has 7 rings (SSSR count). The fourth-order valence-electron chi connectivity index (χ4n) is 5.93. The molecule has 0 radical (unpaired) electrons. The third-order valence-electron chi connectivity index (χ3n) is 7.96. The van der Waals surface area contributed by atoms with E-state index in [9.17, 15) is 4.79 Å². The van der Waals surface area contributed by atoms with Gasteiger partial charge in [-0.1, -0.05) is 29.8 Å². The van der Waals surface area contributed by atoms with Crippen molar-refractivity contribution in [3.05, 3.63) is 71.5 Å². The van der Waals surface area contributed by atoms with Gasteiger partial charge in [-0.2, -0.15) is 5.10 Å². The summed E-state index contributed by atoms with van der Waals surface area (Å²) in [5.41, 5.74) is 12.2. The summed E-state index contributed by atoms with van der Waals surface area (Å²) in [4.78, 5) is 22.3. The second-order valence-corrected chi connectivity index (χ2v) is 11.0. The number of hydrogen-bond acceptors (Lipinski definition) is 7. The van der Waals surface area contributed by atoms with E-state index in [2.05, 4.69) is 31.3 Å². The lowest BCUT2D eigenvalue weighted by Crippen LogP contribution is -2.40. The largest absolute Gasteiger partial charge is 0.497 e. The first-order valence-electron chi connectivity index (χ1n) is 13.9. The van der Waals surface area contributed by atoms with Crippen LogP contribution < -0.4 is 25.4 Å². The Morgan fingerprint density at radius 1 is 1.19 bits per heavy atom. The predicted molar refractivity (Wildman–Crippen MR) is 163 cm³/mol. The minimum Gasteiger partial charge on any atom is -0.497 e. The Hall–Kier alpha value is -4.70. The van der Waals surface area contributed by atoms with Gasteiger partial charge in [-0.3, -0.25) is 4.79 Å². The van der Waals surface area contributed by atoms with E-state index in [1.807, 2.05) is 48.5 Å². The number of nitrogens with zero attached hydrogens (tertiary/aromatic N) is 4. The third-order valence-corrected chi connectivity index (χ3v) is 8.27. The zero-order chi connectivity index (χ0) is 28.8. The molecule has 0 aliphatic carbocycles. The van der Waals surface area contributed by atoms with Crippen LogP contribution in [0.2, 0.25) is 5.02 Å². The number of rotatable bonds is 7. The fraction of sp³-hybridized carbons (Fsp3) is 0.258. The van der Waals surface area contributed by atoms with Crippen LogP contribution >= 0.6 is 11.6 Å². The summed E-state index contributed by atoms with van der Waals surface area (Å²) in [6, 6.07) is 17.5. The van der Waals surface area contributed by atoms with Gasteiger partial charge in [-0.05, 0) is 48.7 Å². The van der Waals surface area contributed by atoms with Crippen molar-refractivity contribution in [3.8, 4) is 34.1 Å². The van der Waals surface area contributed by atoms with Crippen molar-refractivity contribution in [1.29, 1.82) is 0 Å². The summed E-state index contributed by atoms with van der Waals surface area (Å²) in [7, 11) is 1.65. The average molecular weight is 584 g/mol. The lowest BCUT2D eigenvalue weighted by atomic mass is 10.1. The summed E-state index contributed by atoms with van der Waals surface area (Å²) >= 11 is 6.83. The standard InChI is InChI=1S/C31H30ClN7O3/c1-41-21-7-4-18(5-8-21)16-38-17-35-31(37-38)22-9-6-19(13-23(22)32)28-29-27-24(36-28)14-20(15-26(27)42-12-10-34-29)39-11-2-3-25(39)30(33)40/h4-9,13-15,17,25,34,36H,2-3,10-12,16H2,1H3,(H2,33,40)/t25-/m0/s1. The Labute approximate surface area is 247 Å². The summed E-state index contributed by atoms with van der Waals surface area (Å²) in [6.07, 6.45) is 3.39. The van der Waals surface area contributed by atoms with Crippen molar-refractivity contribution in [1.82, 2.24) is 19.7 Å². The van der Waals surface area contributed by atoms with Crippen molar-refractivity contribution >= 4 is 39.8 Å². The number of aromatic amines is 1. The Balaban J connectivity index is 1.21. The molecule has 1 saturated heterocycles. The second-order valence-electron chi connectivity index (χ2n) is 10.6. The SMILES string of the molecule is COc1ccc(Cn2cnc(-c3ccc(-c4[nH]c5cc(N6CCC[C@H]6C(N)=O)cc6c5c4NCCO6)cc3Cl)n2)cc1. The van der Waals surface area contributed by atoms with Gasteiger partial charge in [0.15, 0.2) is 5.82 Å². The third kappa shape index (κ3) is 4.67. The molecule has 0 unspecified atom stereocenters. The number of carbonyl (C=O) groups is 1. The first-order chi connectivity index (χ1) is 20.5. The molecule has 2 aromatic heterocycles. The van der Waals surface area contributed by atoms with Crippen LogP contribution in [0.1, 0.15) is 18.4 Å². The molecule has 0 saturated carbocycles. The van der Waals surface area contributed by atoms with Crippen LogP contribution in [0.3, 0.4) is 0 Å². The molecule has 4 heterocycles. The lowest BCUT2D eigenvalue weighted by Gasteiger charge is -2.25. The first-order valence-corrected chi connectivity index (χ1v) is 14.3. The van der Waals surface area contributed by atoms with Crippen LogP contribution in [0.25, 0.3) is 33.5 Å². The van der Waals surface area contributed by atoms with Crippen LogP contribution in [0.15, 0.2) is 60.9 Å². The van der Waals surface area contributed by atoms with E-state index >= 15 is 0 Å². The number of H-pyrrole nitrogens is 1. The van der Waals surface area contributed by atoms with Gasteiger partial charge in [-0.15, -0.1) is 0 Å². The van der Waals surface area contributed by atoms with E-state index in [1.165, 1.54) is 0 Å². The fourth-order valence-corrected chi connectivity index (χ4v) is 6.19. The molecule has 0 spiro atoms. The molecule has 11 heteroatoms. The van der Waals surface area contributed by atoms with Crippen LogP contribution in [-0.4, -0.2) is 58.5 Å². The number of anilines is 2. The van der Waals surface area contributed by atoms with Gasteiger partial charge in [0, 0.05) is 36.0 Å². The monoisotopic (exact) mass is 583 g/mol. The minimum absolute atomic E-state index is 0.302. The van der Waals surface area contributed by atoms with E-state index in [-0.39, 0.29) is 11.9 Å². The number of primary amides is 1. The highest BCUT2D eigenvalue weighted by molar-refractivity contribution is 6.33. The van der Waals surface area contributed by atoms with Crippen molar-refractivity contribution in [2.75, 3.05) is 37.0 Å². The quantitative estimate of drug-likeness (QED) is 0.245. The minimum atomic E-state index is -0.313. The summed E-state index contributed by atoms with van der Waals surface area (Å²) < 4.78 is 13.2. The first kappa shape index (κ1) is 26.2. The van der Waals surface area contributed by atoms with Crippen molar-refractivity contribution in [3.63, 3.8) is 0 Å². The van der Waals surface area contributed by atoms with Crippen LogP contribution in [-0.2, 0) is 11.3 Å². The van der Waals surface area contributed by atoms with Gasteiger partial charge in [-0.25, -0.2) is 9.67 Å². The number of carbonyl (C=O) groups excluding carboxylic acids is 1. The molecule has 42 heavy (non-hydrogen) atoms. The highest BCUT2D eigenvalue weighted by atomic mass is 35.5. The number of nitrogens with two attached hydrogens (primary N) is 1. The van der Waals surface area contributed by atoms with Crippen molar-refractivity contribution in [2.24, 2.45) is 5.73 Å². The number of halogens is 1. The van der Waals surface area contributed by atoms with E-state index in [0.29, 0.717) is 30.5 Å². The zero-order valence-corrected chi connectivity index (χ0v) is 23.8. The number of hydrogen-bond donors (Lipinski definition) is 3. The smallest absolute Gasteiger partial charge is 0.240 e. The molecule has 2 aliphatic heterocycles. The molecule has 4 N–H and O–H groups in total. The number of nitrogens with one attached hydrogen (secondary N) is 2. The number of methoxy groups -OCH3 is 1. The van der Waals surface area contributed by atoms with E-state index in [4.69, 9.17) is 26.8 Å². The molecular formula is C31H30ClN7O3. The molecule has 1 fully saturated rings. The Morgan fingerprint density at radius 2 is 2.05 bits per heavy atom. The second kappa shape index (κ2) is 10.6. The van der Waals surface area contributed by atoms with Gasteiger partial charge < -0.3 is 30.4 Å². The predicted octanol–water partition coefficient (Wildman–Crippen LogP) is 5.06. The Kier molecular flexibility index (Phi) is 6.62. The van der Waals surface area contributed by atoms with Gasteiger partial charge in [0.25, 0.3) is 0 Å². The van der Waals surface area contributed by atoms with Crippen LogP contribution in [0, 0.1) is 0 Å². The molecule has 1 amide bonds. The van der Waals surface area contributed by atoms with Gasteiger partial charge in [0.05, 0.1) is 41.0 Å². The van der Waals surface area contributed by atoms with E-state index in [0.717, 1.165) is 75.5 Å². The summed E-state index contributed by atoms with van der Waals surface area (Å²) in [5, 5.41) is 9.71. The van der Waals surface area contributed by atoms with Crippen LogP contribution in [0.5, 0.6) is 11.5 Å².